The van der Waals surface area contributed by atoms with Crippen molar-refractivity contribution >= 4 is 27.3 Å². The molecule has 156 valence electrons. The van der Waals surface area contributed by atoms with Gasteiger partial charge in [0.2, 0.25) is 5.91 Å². The van der Waals surface area contributed by atoms with Crippen molar-refractivity contribution in [1.29, 1.82) is 0 Å². The predicted octanol–water partition coefficient (Wildman–Crippen LogP) is 4.18. The fourth-order valence-corrected chi connectivity index (χ4v) is 4.82. The number of amides is 1. The van der Waals surface area contributed by atoms with Crippen molar-refractivity contribution in [3.05, 3.63) is 47.0 Å². The third-order valence-corrected chi connectivity index (χ3v) is 6.84. The summed E-state index contributed by atoms with van der Waals surface area (Å²) in [4.78, 5) is 14.7. The van der Waals surface area contributed by atoms with Crippen molar-refractivity contribution in [3.8, 4) is 5.75 Å². The Balaban J connectivity index is 1.98. The molecule has 7 heteroatoms. The third kappa shape index (κ3) is 3.96. The van der Waals surface area contributed by atoms with Gasteiger partial charge in [-0.3, -0.25) is 9.52 Å². The van der Waals surface area contributed by atoms with E-state index in [-0.39, 0.29) is 17.4 Å². The number of carbonyl (C=O) groups is 1. The van der Waals surface area contributed by atoms with Crippen LogP contribution in [0.4, 0.5) is 11.4 Å². The maximum Gasteiger partial charge on any atom is 0.262 e. The highest BCUT2D eigenvalue weighted by molar-refractivity contribution is 7.92. The van der Waals surface area contributed by atoms with E-state index in [2.05, 4.69) is 4.72 Å². The average Bonchev–Trinajstić information content (AvgIpc) is 2.72. The number of carbonyl (C=O) groups excluding carboxylic acids is 1. The minimum atomic E-state index is -3.76. The van der Waals surface area contributed by atoms with Crippen molar-refractivity contribution in [1.82, 2.24) is 0 Å². The quantitative estimate of drug-likeness (QED) is 0.811. The summed E-state index contributed by atoms with van der Waals surface area (Å²) in [5.41, 5.74) is 3.03. The zero-order valence-corrected chi connectivity index (χ0v) is 18.6. The minimum absolute atomic E-state index is 0.0159. The van der Waals surface area contributed by atoms with E-state index in [1.165, 1.54) is 0 Å². The Morgan fingerprint density at radius 3 is 2.38 bits per heavy atom. The molecular weight excluding hydrogens is 388 g/mol. The molecule has 0 aliphatic carbocycles. The van der Waals surface area contributed by atoms with Gasteiger partial charge in [-0.05, 0) is 76.4 Å². The molecule has 2 aromatic rings. The van der Waals surface area contributed by atoms with Crippen LogP contribution in [-0.4, -0.2) is 27.5 Å². The normalized spacial score (nSPS) is 16.1. The number of anilines is 2. The van der Waals surface area contributed by atoms with E-state index in [1.54, 1.807) is 36.1 Å². The van der Waals surface area contributed by atoms with Crippen LogP contribution in [-0.2, 0) is 14.8 Å². The lowest BCUT2D eigenvalue weighted by Gasteiger charge is -2.26. The molecule has 1 heterocycles. The van der Waals surface area contributed by atoms with Gasteiger partial charge in [0.05, 0.1) is 21.7 Å². The van der Waals surface area contributed by atoms with Crippen LogP contribution < -0.4 is 14.4 Å². The van der Waals surface area contributed by atoms with Gasteiger partial charge in [0.1, 0.15) is 12.4 Å². The second-order valence-corrected chi connectivity index (χ2v) is 9.86. The van der Waals surface area contributed by atoms with Crippen molar-refractivity contribution < 1.29 is 17.9 Å². The van der Waals surface area contributed by atoms with Gasteiger partial charge in [-0.2, -0.15) is 0 Å². The predicted molar refractivity (Wildman–Crippen MR) is 115 cm³/mol. The Kier molecular flexibility index (Phi) is 5.38. The first-order valence-electron chi connectivity index (χ1n) is 9.66. The van der Waals surface area contributed by atoms with E-state index in [0.29, 0.717) is 29.2 Å². The first kappa shape index (κ1) is 21.2. The summed E-state index contributed by atoms with van der Waals surface area (Å²) in [6.07, 6.45) is 0. The Hall–Kier alpha value is -2.54. The lowest BCUT2D eigenvalue weighted by molar-refractivity contribution is -0.127. The van der Waals surface area contributed by atoms with Crippen molar-refractivity contribution in [2.24, 2.45) is 5.41 Å². The highest BCUT2D eigenvalue weighted by atomic mass is 32.2. The summed E-state index contributed by atoms with van der Waals surface area (Å²) >= 11 is 0. The molecule has 0 saturated heterocycles. The van der Waals surface area contributed by atoms with Crippen LogP contribution in [0, 0.1) is 26.2 Å². The van der Waals surface area contributed by atoms with E-state index < -0.39 is 15.4 Å². The van der Waals surface area contributed by atoms with Crippen molar-refractivity contribution in [2.75, 3.05) is 22.8 Å². The highest BCUT2D eigenvalue weighted by Crippen LogP contribution is 2.38. The van der Waals surface area contributed by atoms with Crippen molar-refractivity contribution in [2.45, 2.75) is 46.4 Å². The maximum absolute atomic E-state index is 13.0. The number of benzene rings is 2. The zero-order chi connectivity index (χ0) is 21.6. The Morgan fingerprint density at radius 1 is 1.07 bits per heavy atom. The lowest BCUT2D eigenvalue weighted by Crippen LogP contribution is -2.42. The molecule has 1 aliphatic rings. The van der Waals surface area contributed by atoms with Gasteiger partial charge < -0.3 is 9.64 Å². The first-order valence-corrected chi connectivity index (χ1v) is 11.1. The molecule has 0 fully saturated rings. The number of fused-ring (bicyclic) bond motifs is 1. The number of aryl methyl sites for hydroxylation is 3. The van der Waals surface area contributed by atoms with Gasteiger partial charge in [0, 0.05) is 12.6 Å². The number of nitrogens with zero attached hydrogens (tertiary/aromatic N) is 1. The number of nitrogens with one attached hydrogen (secondary N) is 1. The number of rotatable bonds is 4. The van der Waals surface area contributed by atoms with Crippen LogP contribution >= 0.6 is 0 Å². The van der Waals surface area contributed by atoms with Gasteiger partial charge in [-0.1, -0.05) is 6.07 Å². The molecule has 2 aromatic carbocycles. The Morgan fingerprint density at radius 2 is 1.72 bits per heavy atom. The number of ether oxygens (including phenoxy) is 1. The summed E-state index contributed by atoms with van der Waals surface area (Å²) in [6, 6.07) is 8.58. The molecule has 0 radical (unpaired) electrons. The molecule has 3 rings (SSSR count). The standard InChI is InChI=1S/C22H28N2O4S/c1-7-24-18-9-8-17(12-19(18)28-13-22(5,6)21(24)25)23-29(26,27)20-11-15(3)14(2)10-16(20)4/h8-12,23H,7,13H2,1-6H3. The monoisotopic (exact) mass is 416 g/mol. The molecule has 0 saturated carbocycles. The largest absolute Gasteiger partial charge is 0.490 e. The molecule has 1 N–H and O–H groups in total. The lowest BCUT2D eigenvalue weighted by atomic mass is 9.93. The molecule has 0 bridgehead atoms. The summed E-state index contributed by atoms with van der Waals surface area (Å²) < 4.78 is 34.5. The fraction of sp³-hybridized carbons (Fsp3) is 0.409. The van der Waals surface area contributed by atoms with Gasteiger partial charge in [0.15, 0.2) is 0 Å². The number of hydrogen-bond donors (Lipinski definition) is 1. The van der Waals surface area contributed by atoms with Crippen LogP contribution in [0.25, 0.3) is 0 Å². The topological polar surface area (TPSA) is 75.7 Å². The van der Waals surface area contributed by atoms with Crippen LogP contribution in [0.15, 0.2) is 35.2 Å². The van der Waals surface area contributed by atoms with E-state index >= 15 is 0 Å². The smallest absolute Gasteiger partial charge is 0.262 e. The molecule has 0 aromatic heterocycles. The van der Waals surface area contributed by atoms with E-state index in [9.17, 15) is 13.2 Å². The molecule has 0 atom stereocenters. The highest BCUT2D eigenvalue weighted by Gasteiger charge is 2.37. The van der Waals surface area contributed by atoms with Crippen LogP contribution in [0.1, 0.15) is 37.5 Å². The summed E-state index contributed by atoms with van der Waals surface area (Å²) in [5.74, 6) is 0.473. The Bertz CT molecular complexity index is 1070. The molecule has 6 nitrogen and oxygen atoms in total. The molecule has 1 amide bonds. The second-order valence-electron chi connectivity index (χ2n) is 8.21. The number of hydrogen-bond acceptors (Lipinski definition) is 4. The SMILES string of the molecule is CCN1C(=O)C(C)(C)COc2cc(NS(=O)(=O)c3cc(C)c(C)cc3C)ccc21. The molecular formula is C22H28N2O4S. The fourth-order valence-electron chi connectivity index (χ4n) is 3.46. The van der Waals surface area contributed by atoms with Crippen LogP contribution in [0.5, 0.6) is 5.75 Å². The van der Waals surface area contributed by atoms with Gasteiger partial charge in [-0.25, -0.2) is 8.42 Å². The summed E-state index contributed by atoms with van der Waals surface area (Å²) in [5, 5.41) is 0. The van der Waals surface area contributed by atoms with E-state index in [4.69, 9.17) is 4.74 Å². The van der Waals surface area contributed by atoms with E-state index in [0.717, 1.165) is 11.1 Å². The van der Waals surface area contributed by atoms with Gasteiger partial charge >= 0.3 is 0 Å². The Labute approximate surface area is 172 Å². The van der Waals surface area contributed by atoms with Crippen LogP contribution in [0.3, 0.4) is 0 Å². The van der Waals surface area contributed by atoms with Crippen molar-refractivity contribution in [3.63, 3.8) is 0 Å². The number of sulfonamides is 1. The summed E-state index contributed by atoms with van der Waals surface area (Å²) in [6.45, 7) is 12.0. The third-order valence-electron chi connectivity index (χ3n) is 5.31. The van der Waals surface area contributed by atoms with Gasteiger partial charge in [0.25, 0.3) is 10.0 Å². The van der Waals surface area contributed by atoms with E-state index in [1.807, 2.05) is 40.7 Å². The minimum Gasteiger partial charge on any atom is -0.490 e. The second kappa shape index (κ2) is 7.37. The molecule has 0 unspecified atom stereocenters. The zero-order valence-electron chi connectivity index (χ0n) is 17.8. The van der Waals surface area contributed by atoms with Crippen LogP contribution in [0.2, 0.25) is 0 Å². The maximum atomic E-state index is 13.0. The first-order chi connectivity index (χ1) is 13.5. The molecule has 29 heavy (non-hydrogen) atoms. The molecule has 0 spiro atoms. The summed E-state index contributed by atoms with van der Waals surface area (Å²) in [7, 11) is -3.76. The molecule has 1 aliphatic heterocycles. The van der Waals surface area contributed by atoms with Gasteiger partial charge in [-0.15, -0.1) is 0 Å². The average molecular weight is 417 g/mol.